The molecule has 0 bridgehead atoms. The predicted octanol–water partition coefficient (Wildman–Crippen LogP) is 5.41. The van der Waals surface area contributed by atoms with Crippen molar-refractivity contribution in [2.75, 3.05) is 38.0 Å². The standard InChI is InChI=1S/C27H28N2O2/c1-18-6-15-25-23(16-18)27(30)24(17-31-25)26(19-7-11-21(12-8-19)28(2)3)20-9-13-22(14-10-20)29(4)5/h6-17,26H,1-5H3. The highest BCUT2D eigenvalue weighted by molar-refractivity contribution is 5.78. The molecule has 0 aliphatic heterocycles. The van der Waals surface area contributed by atoms with Crippen molar-refractivity contribution >= 4 is 22.3 Å². The minimum absolute atomic E-state index is 0.0170. The van der Waals surface area contributed by atoms with Gasteiger partial charge in [0, 0.05) is 51.0 Å². The number of fused-ring (bicyclic) bond motifs is 1. The van der Waals surface area contributed by atoms with Gasteiger partial charge in [-0.25, -0.2) is 0 Å². The van der Waals surface area contributed by atoms with E-state index in [1.165, 1.54) is 0 Å². The summed E-state index contributed by atoms with van der Waals surface area (Å²) in [6.45, 7) is 1.99. The number of rotatable bonds is 5. The lowest BCUT2D eigenvalue weighted by atomic mass is 9.85. The highest BCUT2D eigenvalue weighted by Crippen LogP contribution is 2.33. The maximum absolute atomic E-state index is 13.5. The minimum Gasteiger partial charge on any atom is -0.464 e. The van der Waals surface area contributed by atoms with Gasteiger partial charge in [0.25, 0.3) is 0 Å². The molecule has 0 aliphatic carbocycles. The molecular formula is C27H28N2O2. The molecule has 0 aliphatic rings. The first-order valence-corrected chi connectivity index (χ1v) is 10.4. The molecule has 1 heterocycles. The zero-order chi connectivity index (χ0) is 22.1. The van der Waals surface area contributed by atoms with Crippen molar-refractivity contribution in [3.63, 3.8) is 0 Å². The van der Waals surface area contributed by atoms with E-state index in [1.54, 1.807) is 6.26 Å². The van der Waals surface area contributed by atoms with E-state index in [9.17, 15) is 4.79 Å². The van der Waals surface area contributed by atoms with Crippen LogP contribution in [0, 0.1) is 6.92 Å². The Morgan fingerprint density at radius 2 is 1.26 bits per heavy atom. The first kappa shape index (κ1) is 20.7. The molecule has 0 radical (unpaired) electrons. The average Bonchev–Trinajstić information content (AvgIpc) is 2.76. The summed E-state index contributed by atoms with van der Waals surface area (Å²) < 4.78 is 5.91. The number of hydrogen-bond acceptors (Lipinski definition) is 4. The third-order valence-electron chi connectivity index (χ3n) is 5.75. The van der Waals surface area contributed by atoms with E-state index < -0.39 is 0 Å². The van der Waals surface area contributed by atoms with Crippen LogP contribution in [0.2, 0.25) is 0 Å². The van der Waals surface area contributed by atoms with Crippen LogP contribution >= 0.6 is 0 Å². The molecule has 0 amide bonds. The Morgan fingerprint density at radius 3 is 1.74 bits per heavy atom. The molecule has 4 heteroatoms. The Balaban J connectivity index is 1.91. The number of aryl methyl sites for hydroxylation is 1. The zero-order valence-electron chi connectivity index (χ0n) is 18.7. The van der Waals surface area contributed by atoms with Gasteiger partial charge < -0.3 is 14.2 Å². The van der Waals surface area contributed by atoms with Crippen molar-refractivity contribution in [3.8, 4) is 0 Å². The number of nitrogens with zero attached hydrogens (tertiary/aromatic N) is 2. The maximum Gasteiger partial charge on any atom is 0.196 e. The highest BCUT2D eigenvalue weighted by atomic mass is 16.3. The van der Waals surface area contributed by atoms with E-state index in [4.69, 9.17) is 4.42 Å². The molecule has 0 unspecified atom stereocenters. The third kappa shape index (κ3) is 4.06. The van der Waals surface area contributed by atoms with Crippen LogP contribution in [0.3, 0.4) is 0 Å². The number of benzene rings is 3. The molecule has 0 spiro atoms. The van der Waals surface area contributed by atoms with E-state index in [2.05, 4.69) is 58.3 Å². The van der Waals surface area contributed by atoms with Crippen LogP contribution in [0.1, 0.15) is 28.2 Å². The Labute approximate surface area is 183 Å². The molecule has 158 valence electrons. The monoisotopic (exact) mass is 412 g/mol. The van der Waals surface area contributed by atoms with Crippen LogP contribution in [0.5, 0.6) is 0 Å². The summed E-state index contributed by atoms with van der Waals surface area (Å²) in [7, 11) is 8.08. The first-order valence-electron chi connectivity index (χ1n) is 10.4. The lowest BCUT2D eigenvalue weighted by Gasteiger charge is -2.21. The van der Waals surface area contributed by atoms with Gasteiger partial charge >= 0.3 is 0 Å². The fourth-order valence-corrected chi connectivity index (χ4v) is 3.94. The molecule has 0 atom stereocenters. The van der Waals surface area contributed by atoms with E-state index in [0.29, 0.717) is 16.5 Å². The topological polar surface area (TPSA) is 36.7 Å². The summed E-state index contributed by atoms with van der Waals surface area (Å²) in [6, 6.07) is 22.5. The molecule has 31 heavy (non-hydrogen) atoms. The smallest absolute Gasteiger partial charge is 0.196 e. The molecule has 1 aromatic heterocycles. The van der Waals surface area contributed by atoms with Crippen molar-refractivity contribution in [1.29, 1.82) is 0 Å². The summed E-state index contributed by atoms with van der Waals surface area (Å²) in [6.07, 6.45) is 1.63. The maximum atomic E-state index is 13.5. The van der Waals surface area contributed by atoms with Crippen molar-refractivity contribution in [2.24, 2.45) is 0 Å². The Kier molecular flexibility index (Phi) is 5.55. The molecule has 0 saturated carbocycles. The van der Waals surface area contributed by atoms with Gasteiger partial charge in [0.15, 0.2) is 5.43 Å². The minimum atomic E-state index is -0.214. The van der Waals surface area contributed by atoms with Crippen molar-refractivity contribution in [2.45, 2.75) is 12.8 Å². The van der Waals surface area contributed by atoms with Crippen LogP contribution in [0.25, 0.3) is 11.0 Å². The molecule has 3 aromatic carbocycles. The Hall–Kier alpha value is -3.53. The number of hydrogen-bond donors (Lipinski definition) is 0. The normalized spacial score (nSPS) is 11.2. The Bertz CT molecular complexity index is 1200. The first-order chi connectivity index (χ1) is 14.8. The summed E-state index contributed by atoms with van der Waals surface area (Å²) >= 11 is 0. The summed E-state index contributed by atoms with van der Waals surface area (Å²) in [5, 5.41) is 0.623. The van der Waals surface area contributed by atoms with Crippen molar-refractivity contribution in [1.82, 2.24) is 0 Å². The van der Waals surface area contributed by atoms with E-state index in [0.717, 1.165) is 28.1 Å². The summed E-state index contributed by atoms with van der Waals surface area (Å²) in [5.74, 6) is -0.214. The summed E-state index contributed by atoms with van der Waals surface area (Å²) in [5.41, 5.74) is 6.67. The zero-order valence-corrected chi connectivity index (χ0v) is 18.7. The van der Waals surface area contributed by atoms with Crippen molar-refractivity contribution < 1.29 is 4.42 Å². The molecular weight excluding hydrogens is 384 g/mol. The lowest BCUT2D eigenvalue weighted by Crippen LogP contribution is -2.16. The third-order valence-corrected chi connectivity index (χ3v) is 5.75. The predicted molar refractivity (Wildman–Crippen MR) is 130 cm³/mol. The molecule has 4 nitrogen and oxygen atoms in total. The van der Waals surface area contributed by atoms with Gasteiger partial charge in [0.05, 0.1) is 11.6 Å². The Morgan fingerprint density at radius 1 is 0.742 bits per heavy atom. The number of anilines is 2. The fourth-order valence-electron chi connectivity index (χ4n) is 3.94. The van der Waals surface area contributed by atoms with Crippen LogP contribution in [-0.4, -0.2) is 28.2 Å². The molecule has 0 fully saturated rings. The van der Waals surface area contributed by atoms with Gasteiger partial charge in [-0.1, -0.05) is 35.9 Å². The van der Waals surface area contributed by atoms with Gasteiger partial charge in [0.1, 0.15) is 5.58 Å². The van der Waals surface area contributed by atoms with E-state index in [1.807, 2.05) is 53.3 Å². The summed E-state index contributed by atoms with van der Waals surface area (Å²) in [4.78, 5) is 17.7. The highest BCUT2D eigenvalue weighted by Gasteiger charge is 2.22. The molecule has 0 N–H and O–H groups in total. The van der Waals surface area contributed by atoms with Crippen LogP contribution in [0.4, 0.5) is 11.4 Å². The second-order valence-electron chi connectivity index (χ2n) is 8.42. The van der Waals surface area contributed by atoms with Gasteiger partial charge in [-0.05, 0) is 54.4 Å². The molecule has 0 saturated heterocycles. The SMILES string of the molecule is Cc1ccc2occ(C(c3ccc(N(C)C)cc3)c3ccc(N(C)C)cc3)c(=O)c2c1. The van der Waals surface area contributed by atoms with Crippen LogP contribution in [0.15, 0.2) is 82.2 Å². The van der Waals surface area contributed by atoms with Crippen LogP contribution in [-0.2, 0) is 0 Å². The van der Waals surface area contributed by atoms with Crippen LogP contribution < -0.4 is 15.2 Å². The largest absolute Gasteiger partial charge is 0.464 e. The quantitative estimate of drug-likeness (QED) is 0.439. The molecule has 4 rings (SSSR count). The van der Waals surface area contributed by atoms with Crippen molar-refractivity contribution in [3.05, 3.63) is 105 Å². The van der Waals surface area contributed by atoms with E-state index >= 15 is 0 Å². The lowest BCUT2D eigenvalue weighted by molar-refractivity contribution is 0.590. The van der Waals surface area contributed by atoms with Gasteiger partial charge in [-0.15, -0.1) is 0 Å². The molecule has 4 aromatic rings. The fraction of sp³-hybridized carbons (Fsp3) is 0.222. The van der Waals surface area contributed by atoms with Gasteiger partial charge in [-0.3, -0.25) is 4.79 Å². The second-order valence-corrected chi connectivity index (χ2v) is 8.42. The van der Waals surface area contributed by atoms with E-state index in [-0.39, 0.29) is 11.3 Å². The average molecular weight is 413 g/mol. The second kappa shape index (κ2) is 8.31. The van der Waals surface area contributed by atoms with Gasteiger partial charge in [-0.2, -0.15) is 0 Å². The van der Waals surface area contributed by atoms with Gasteiger partial charge in [0.2, 0.25) is 0 Å².